The van der Waals surface area contributed by atoms with Gasteiger partial charge in [-0.15, -0.1) is 0 Å². The Balaban J connectivity index is -0.0000000457. The first-order chi connectivity index (χ1) is 4.00. The largest absolute Gasteiger partial charge is 1.00 e. The van der Waals surface area contributed by atoms with Crippen LogP contribution < -0.4 is 47.5 Å². The Kier molecular flexibility index (Phi) is 17.2. The van der Waals surface area contributed by atoms with E-state index in [2.05, 4.69) is 0 Å². The van der Waals surface area contributed by atoms with Crippen LogP contribution in [0.25, 0.3) is 0 Å². The molecule has 0 rings (SSSR count). The van der Waals surface area contributed by atoms with Crippen LogP contribution in [-0.2, 0) is 9.13 Å². The van der Waals surface area contributed by atoms with Crippen molar-refractivity contribution in [1.82, 2.24) is 0 Å². The molecule has 0 saturated heterocycles. The molecule has 0 aliphatic carbocycles. The standard InChI is InChI=1S/2F2HO2P.2Li/c2*1-5(2,3)4;;/h2*(H,3,4);;/q;;2*+1/p-2. The third kappa shape index (κ3) is 714. The van der Waals surface area contributed by atoms with Crippen LogP contribution >= 0.6 is 16.0 Å². The van der Waals surface area contributed by atoms with Crippen LogP contribution in [0.2, 0.25) is 0 Å². The van der Waals surface area contributed by atoms with Crippen molar-refractivity contribution in [3.8, 4) is 0 Å². The van der Waals surface area contributed by atoms with Gasteiger partial charge in [-0.3, -0.25) is 9.13 Å². The Bertz CT molecular complexity index is 135. The van der Waals surface area contributed by atoms with E-state index in [4.69, 9.17) is 18.9 Å². The number of hydrogen-bond donors (Lipinski definition) is 0. The van der Waals surface area contributed by atoms with Gasteiger partial charge >= 0.3 is 53.7 Å². The van der Waals surface area contributed by atoms with E-state index < -0.39 is 16.0 Å². The van der Waals surface area contributed by atoms with Gasteiger partial charge in [0.25, 0.3) is 0 Å². The average Bonchev–Trinajstić information content (AvgIpc) is 1.12. The number of halogens is 4. The first-order valence-electron chi connectivity index (χ1n) is 1.41. The van der Waals surface area contributed by atoms with Gasteiger partial charge in [0, 0.05) is 0 Å². The molecule has 0 aromatic rings. The topological polar surface area (TPSA) is 80.3 Å². The Morgan fingerprint density at radius 2 is 0.750 bits per heavy atom. The van der Waals surface area contributed by atoms with Crippen molar-refractivity contribution < 1.29 is 73.4 Å². The molecule has 0 fully saturated rings. The Hall–Kier alpha value is 1.29. The molecule has 64 valence electrons. The summed E-state index contributed by atoms with van der Waals surface area (Å²) in [7, 11) is -11.8. The van der Waals surface area contributed by atoms with Crippen LogP contribution in [0.15, 0.2) is 0 Å². The number of hydrogen-bond acceptors (Lipinski definition) is 4. The molecule has 0 amide bonds. The van der Waals surface area contributed by atoms with Crippen molar-refractivity contribution >= 4 is 16.0 Å². The molecule has 0 N–H and O–H groups in total. The zero-order valence-corrected chi connectivity index (χ0v) is 7.83. The maximum absolute atomic E-state index is 10.0. The van der Waals surface area contributed by atoms with Gasteiger partial charge < -0.3 is 9.79 Å². The van der Waals surface area contributed by atoms with Gasteiger partial charge in [-0.2, -0.15) is 16.8 Å². The van der Waals surface area contributed by atoms with E-state index >= 15 is 0 Å². The van der Waals surface area contributed by atoms with Crippen molar-refractivity contribution in [1.29, 1.82) is 0 Å². The fraction of sp³-hybridized carbons (Fsp3) is 0. The van der Waals surface area contributed by atoms with E-state index in [1.54, 1.807) is 0 Å². The quantitative estimate of drug-likeness (QED) is 0.230. The fourth-order valence-corrected chi connectivity index (χ4v) is 0. The van der Waals surface area contributed by atoms with Gasteiger partial charge in [0.2, 0.25) is 0 Å². The summed E-state index contributed by atoms with van der Waals surface area (Å²) in [6, 6.07) is 0. The van der Waals surface area contributed by atoms with Crippen molar-refractivity contribution in [2.24, 2.45) is 0 Å². The van der Waals surface area contributed by atoms with Crippen LogP contribution in [0, 0.1) is 0 Å². The number of rotatable bonds is 0. The molecule has 0 spiro atoms. The van der Waals surface area contributed by atoms with Crippen LogP contribution in [0.4, 0.5) is 16.8 Å². The van der Waals surface area contributed by atoms with E-state index in [1.165, 1.54) is 0 Å². The Morgan fingerprint density at radius 1 is 0.750 bits per heavy atom. The summed E-state index contributed by atoms with van der Waals surface area (Å²) < 4.78 is 56.7. The van der Waals surface area contributed by atoms with E-state index in [0.29, 0.717) is 0 Å². The van der Waals surface area contributed by atoms with Gasteiger partial charge in [-0.1, -0.05) is 0 Å². The van der Waals surface area contributed by atoms with Crippen molar-refractivity contribution in [2.75, 3.05) is 0 Å². The van der Waals surface area contributed by atoms with Gasteiger partial charge in [-0.25, -0.2) is 0 Å². The van der Waals surface area contributed by atoms with Crippen molar-refractivity contribution in [2.45, 2.75) is 0 Å². The summed E-state index contributed by atoms with van der Waals surface area (Å²) in [5.41, 5.74) is 0. The van der Waals surface area contributed by atoms with Crippen molar-refractivity contribution in [3.05, 3.63) is 0 Å². The second kappa shape index (κ2) is 8.87. The van der Waals surface area contributed by atoms with Crippen molar-refractivity contribution in [3.63, 3.8) is 0 Å². The van der Waals surface area contributed by atoms with Crippen LogP contribution in [0.1, 0.15) is 0 Å². The minimum atomic E-state index is -5.89. The summed E-state index contributed by atoms with van der Waals surface area (Å²) in [5, 5.41) is 0. The van der Waals surface area contributed by atoms with Gasteiger partial charge in [-0.05, 0) is 0 Å². The van der Waals surface area contributed by atoms with Gasteiger partial charge in [0.05, 0.1) is 0 Å². The molecule has 12 heavy (non-hydrogen) atoms. The molecule has 0 aromatic carbocycles. The maximum Gasteiger partial charge on any atom is 1.00 e. The Labute approximate surface area is 89.5 Å². The molecule has 0 radical (unpaired) electrons. The summed E-state index contributed by atoms with van der Waals surface area (Å²) in [6.07, 6.45) is 0. The van der Waals surface area contributed by atoms with Crippen LogP contribution in [0.5, 0.6) is 0 Å². The van der Waals surface area contributed by atoms with Gasteiger partial charge in [0.15, 0.2) is 0 Å². The van der Waals surface area contributed by atoms with E-state index in [0.717, 1.165) is 0 Å². The van der Waals surface area contributed by atoms with Crippen LogP contribution in [-0.4, -0.2) is 0 Å². The summed E-state index contributed by atoms with van der Waals surface area (Å²) in [4.78, 5) is 16.7. The molecule has 0 unspecified atom stereocenters. The molecule has 0 saturated carbocycles. The normalized spacial score (nSPS) is 9.83. The fourth-order valence-electron chi connectivity index (χ4n) is 0. The predicted molar refractivity (Wildman–Crippen MR) is 19.6 cm³/mol. The molecule has 4 nitrogen and oxygen atoms in total. The first kappa shape index (κ1) is 23.3. The van der Waals surface area contributed by atoms with E-state index in [1.807, 2.05) is 0 Å². The predicted octanol–water partition coefficient (Wildman–Crippen LogP) is -5.20. The maximum atomic E-state index is 10.0. The third-order valence-corrected chi connectivity index (χ3v) is 0. The summed E-state index contributed by atoms with van der Waals surface area (Å²) in [5.74, 6) is 0. The molecular formula is F4Li2O4P2. The second-order valence-electron chi connectivity index (χ2n) is 0.829. The summed E-state index contributed by atoms with van der Waals surface area (Å²) >= 11 is 0. The molecular weight excluding hydrogens is 216 g/mol. The Morgan fingerprint density at radius 3 is 0.750 bits per heavy atom. The first-order valence-corrected chi connectivity index (χ1v) is 4.22. The van der Waals surface area contributed by atoms with E-state index in [-0.39, 0.29) is 37.7 Å². The summed E-state index contributed by atoms with van der Waals surface area (Å²) in [6.45, 7) is 0. The third-order valence-electron chi connectivity index (χ3n) is 0. The minimum Gasteiger partial charge on any atom is -0.749 e. The van der Waals surface area contributed by atoms with E-state index in [9.17, 15) is 16.8 Å². The molecule has 0 bridgehead atoms. The second-order valence-corrected chi connectivity index (χ2v) is 2.49. The van der Waals surface area contributed by atoms with Crippen LogP contribution in [0.3, 0.4) is 0 Å². The molecule has 12 heteroatoms. The molecule has 0 heterocycles. The molecule has 0 aromatic heterocycles. The zero-order valence-electron chi connectivity index (χ0n) is 6.04. The minimum absolute atomic E-state index is 0. The smallest absolute Gasteiger partial charge is 0.749 e. The SMILES string of the molecule is O=P([O-])(F)F.O=P([O-])(F)F.[Li+].[Li+]. The average molecular weight is 216 g/mol. The van der Waals surface area contributed by atoms with Gasteiger partial charge in [0.1, 0.15) is 0 Å². The molecule has 0 aliphatic heterocycles. The molecule has 0 atom stereocenters. The zero-order chi connectivity index (χ0) is 9.00. The molecule has 0 aliphatic rings. The monoisotopic (exact) mass is 216 g/mol.